The lowest BCUT2D eigenvalue weighted by molar-refractivity contribution is -0.126. The summed E-state index contributed by atoms with van der Waals surface area (Å²) >= 11 is 0. The summed E-state index contributed by atoms with van der Waals surface area (Å²) in [6.45, 7) is 0.490. The van der Waals surface area contributed by atoms with Crippen molar-refractivity contribution >= 4 is 16.9 Å². The number of carbonyl (C=O) groups is 1. The molecule has 1 aliphatic rings. The molecule has 0 unspecified atom stereocenters. The Morgan fingerprint density at radius 1 is 1.21 bits per heavy atom. The monoisotopic (exact) mass is 257 g/mol. The van der Waals surface area contributed by atoms with Gasteiger partial charge < -0.3 is 9.73 Å². The van der Waals surface area contributed by atoms with Gasteiger partial charge in [0.25, 0.3) is 0 Å². The van der Waals surface area contributed by atoms with E-state index in [-0.39, 0.29) is 11.8 Å². The average Bonchev–Trinajstić information content (AvgIpc) is 2.88. The van der Waals surface area contributed by atoms with E-state index in [4.69, 9.17) is 4.42 Å². The lowest BCUT2D eigenvalue weighted by Gasteiger charge is -2.20. The topological polar surface area (TPSA) is 42.2 Å². The van der Waals surface area contributed by atoms with Gasteiger partial charge in [-0.3, -0.25) is 4.79 Å². The van der Waals surface area contributed by atoms with Crippen LogP contribution in [0.25, 0.3) is 11.0 Å². The molecule has 1 saturated carbocycles. The maximum absolute atomic E-state index is 12.0. The van der Waals surface area contributed by atoms with Crippen molar-refractivity contribution in [3.63, 3.8) is 0 Å². The van der Waals surface area contributed by atoms with Crippen molar-refractivity contribution in [1.29, 1.82) is 0 Å². The third kappa shape index (κ3) is 2.80. The standard InChI is InChI=1S/C16H19NO2/c18-16(12-6-2-1-3-7-12)17-11-14-10-13-8-4-5-9-15(13)19-14/h4-5,8-10,12H,1-3,6-7,11H2,(H,17,18). The summed E-state index contributed by atoms with van der Waals surface area (Å²) in [5.74, 6) is 1.21. The maximum atomic E-state index is 12.0. The fourth-order valence-corrected chi connectivity index (χ4v) is 2.81. The molecule has 1 aliphatic carbocycles. The molecule has 19 heavy (non-hydrogen) atoms. The first-order valence-electron chi connectivity index (χ1n) is 7.08. The number of fused-ring (bicyclic) bond motifs is 1. The Morgan fingerprint density at radius 2 is 2.00 bits per heavy atom. The molecular formula is C16H19NO2. The molecule has 1 aromatic carbocycles. The summed E-state index contributed by atoms with van der Waals surface area (Å²) in [7, 11) is 0. The largest absolute Gasteiger partial charge is 0.459 e. The van der Waals surface area contributed by atoms with Gasteiger partial charge >= 0.3 is 0 Å². The Bertz CT molecular complexity index is 534. The van der Waals surface area contributed by atoms with E-state index in [2.05, 4.69) is 5.32 Å². The molecule has 0 atom stereocenters. The SMILES string of the molecule is O=C(NCc1cc2ccccc2o1)C1CCCCC1. The molecule has 1 N–H and O–H groups in total. The van der Waals surface area contributed by atoms with E-state index in [0.717, 1.165) is 29.6 Å². The fourth-order valence-electron chi connectivity index (χ4n) is 2.81. The number of rotatable bonds is 3. The molecule has 0 aliphatic heterocycles. The first kappa shape index (κ1) is 12.3. The van der Waals surface area contributed by atoms with Crippen LogP contribution in [0.3, 0.4) is 0 Å². The van der Waals surface area contributed by atoms with Crippen LogP contribution in [0.2, 0.25) is 0 Å². The highest BCUT2D eigenvalue weighted by Crippen LogP contribution is 2.24. The zero-order valence-corrected chi connectivity index (χ0v) is 11.0. The number of nitrogens with one attached hydrogen (secondary N) is 1. The van der Waals surface area contributed by atoms with Crippen molar-refractivity contribution in [1.82, 2.24) is 5.32 Å². The Kier molecular flexibility index (Phi) is 3.53. The Balaban J connectivity index is 1.60. The number of hydrogen-bond donors (Lipinski definition) is 1. The third-order valence-electron chi connectivity index (χ3n) is 3.89. The number of benzene rings is 1. The van der Waals surface area contributed by atoms with Gasteiger partial charge in [0.2, 0.25) is 5.91 Å². The van der Waals surface area contributed by atoms with Gasteiger partial charge in [-0.1, -0.05) is 37.5 Å². The molecule has 1 aromatic heterocycles. The van der Waals surface area contributed by atoms with Crippen LogP contribution in [0.5, 0.6) is 0 Å². The van der Waals surface area contributed by atoms with Crippen LogP contribution in [0.4, 0.5) is 0 Å². The minimum Gasteiger partial charge on any atom is -0.459 e. The number of amides is 1. The zero-order chi connectivity index (χ0) is 13.1. The molecule has 3 heteroatoms. The molecule has 100 valence electrons. The van der Waals surface area contributed by atoms with Gasteiger partial charge in [0, 0.05) is 11.3 Å². The number of hydrogen-bond acceptors (Lipinski definition) is 2. The van der Waals surface area contributed by atoms with Crippen LogP contribution in [0.1, 0.15) is 37.9 Å². The van der Waals surface area contributed by atoms with E-state index >= 15 is 0 Å². The predicted molar refractivity (Wildman–Crippen MR) is 74.6 cm³/mol. The Hall–Kier alpha value is -1.77. The second kappa shape index (κ2) is 5.47. The van der Waals surface area contributed by atoms with E-state index in [0.29, 0.717) is 6.54 Å². The predicted octanol–water partition coefficient (Wildman–Crippen LogP) is 3.63. The number of para-hydroxylation sites is 1. The van der Waals surface area contributed by atoms with E-state index in [9.17, 15) is 4.79 Å². The van der Waals surface area contributed by atoms with Crippen LogP contribution < -0.4 is 5.32 Å². The molecule has 0 saturated heterocycles. The van der Waals surface area contributed by atoms with Crippen molar-refractivity contribution in [2.45, 2.75) is 38.6 Å². The number of carbonyl (C=O) groups excluding carboxylic acids is 1. The molecule has 1 amide bonds. The molecular weight excluding hydrogens is 238 g/mol. The van der Waals surface area contributed by atoms with E-state index in [1.807, 2.05) is 30.3 Å². The van der Waals surface area contributed by atoms with Gasteiger partial charge in [-0.05, 0) is 25.0 Å². The van der Waals surface area contributed by atoms with Crippen molar-refractivity contribution < 1.29 is 9.21 Å². The average molecular weight is 257 g/mol. The van der Waals surface area contributed by atoms with Gasteiger partial charge in [-0.25, -0.2) is 0 Å². The maximum Gasteiger partial charge on any atom is 0.223 e. The highest BCUT2D eigenvalue weighted by molar-refractivity contribution is 5.79. The highest BCUT2D eigenvalue weighted by atomic mass is 16.3. The summed E-state index contributed by atoms with van der Waals surface area (Å²) in [4.78, 5) is 12.0. The fraction of sp³-hybridized carbons (Fsp3) is 0.438. The minimum atomic E-state index is 0.181. The summed E-state index contributed by atoms with van der Waals surface area (Å²) in [6, 6.07) is 9.90. The normalized spacial score (nSPS) is 16.6. The van der Waals surface area contributed by atoms with Crippen molar-refractivity contribution in [3.8, 4) is 0 Å². The van der Waals surface area contributed by atoms with Gasteiger partial charge in [0.1, 0.15) is 11.3 Å². The van der Waals surface area contributed by atoms with E-state index < -0.39 is 0 Å². The lowest BCUT2D eigenvalue weighted by atomic mass is 9.89. The summed E-state index contributed by atoms with van der Waals surface area (Å²) < 4.78 is 5.69. The zero-order valence-electron chi connectivity index (χ0n) is 11.0. The second-order valence-electron chi connectivity index (χ2n) is 5.30. The Labute approximate surface area is 113 Å². The van der Waals surface area contributed by atoms with Crippen LogP contribution in [-0.4, -0.2) is 5.91 Å². The first-order chi connectivity index (χ1) is 9.33. The summed E-state index contributed by atoms with van der Waals surface area (Å²) in [6.07, 6.45) is 5.71. The van der Waals surface area contributed by atoms with Crippen molar-refractivity contribution in [3.05, 3.63) is 36.1 Å². The summed E-state index contributed by atoms with van der Waals surface area (Å²) in [5, 5.41) is 4.08. The van der Waals surface area contributed by atoms with Crippen molar-refractivity contribution in [2.75, 3.05) is 0 Å². The first-order valence-corrected chi connectivity index (χ1v) is 7.08. The van der Waals surface area contributed by atoms with Crippen molar-refractivity contribution in [2.24, 2.45) is 5.92 Å². The second-order valence-corrected chi connectivity index (χ2v) is 5.30. The quantitative estimate of drug-likeness (QED) is 0.912. The van der Waals surface area contributed by atoms with Crippen LogP contribution in [0, 0.1) is 5.92 Å². The van der Waals surface area contributed by atoms with Gasteiger partial charge in [-0.15, -0.1) is 0 Å². The molecule has 0 radical (unpaired) electrons. The molecule has 1 fully saturated rings. The van der Waals surface area contributed by atoms with Gasteiger partial charge in [0.15, 0.2) is 0 Å². The lowest BCUT2D eigenvalue weighted by Crippen LogP contribution is -2.31. The van der Waals surface area contributed by atoms with Crippen LogP contribution >= 0.6 is 0 Å². The molecule has 2 aromatic rings. The van der Waals surface area contributed by atoms with E-state index in [1.54, 1.807) is 0 Å². The molecule has 3 rings (SSSR count). The van der Waals surface area contributed by atoms with Crippen LogP contribution in [0.15, 0.2) is 34.7 Å². The smallest absolute Gasteiger partial charge is 0.223 e. The summed E-state index contributed by atoms with van der Waals surface area (Å²) in [5.41, 5.74) is 0.879. The Morgan fingerprint density at radius 3 is 2.79 bits per heavy atom. The van der Waals surface area contributed by atoms with Crippen LogP contribution in [-0.2, 0) is 11.3 Å². The molecule has 1 heterocycles. The minimum absolute atomic E-state index is 0.181. The molecule has 0 spiro atoms. The molecule has 3 nitrogen and oxygen atoms in total. The highest BCUT2D eigenvalue weighted by Gasteiger charge is 2.20. The molecule has 0 bridgehead atoms. The van der Waals surface area contributed by atoms with E-state index in [1.165, 1.54) is 19.3 Å². The van der Waals surface area contributed by atoms with Gasteiger partial charge in [0.05, 0.1) is 6.54 Å². The number of furan rings is 1. The third-order valence-corrected chi connectivity index (χ3v) is 3.89. The van der Waals surface area contributed by atoms with Gasteiger partial charge in [-0.2, -0.15) is 0 Å².